The molecule has 1 saturated heterocycles. The topological polar surface area (TPSA) is 113 Å². The van der Waals surface area contributed by atoms with Gasteiger partial charge in [-0.2, -0.15) is 0 Å². The molecule has 0 atom stereocenters. The Morgan fingerprint density at radius 1 is 1.03 bits per heavy atom. The fraction of sp³-hybridized carbons (Fsp3) is 0.345. The Bertz CT molecular complexity index is 1210. The molecule has 0 unspecified atom stereocenters. The lowest BCUT2D eigenvalue weighted by atomic mass is 10.2. The van der Waals surface area contributed by atoms with E-state index in [1.54, 1.807) is 35.4 Å². The normalized spacial score (nSPS) is 13.6. The number of hydrogen-bond donors (Lipinski definition) is 3. The number of nitrogens with zero attached hydrogens (tertiary/aromatic N) is 3. The highest BCUT2D eigenvalue weighted by Gasteiger charge is 2.17. The lowest BCUT2D eigenvalue weighted by Gasteiger charge is -2.27. The van der Waals surface area contributed by atoms with Gasteiger partial charge in [0.2, 0.25) is 0 Å². The Hall–Kier alpha value is -3.95. The first-order chi connectivity index (χ1) is 18.5. The third-order valence-corrected chi connectivity index (χ3v) is 6.45. The number of aryl methyl sites for hydroxylation is 1. The van der Waals surface area contributed by atoms with E-state index < -0.39 is 0 Å². The molecule has 38 heavy (non-hydrogen) atoms. The van der Waals surface area contributed by atoms with Gasteiger partial charge in [-0.05, 0) is 67.8 Å². The lowest BCUT2D eigenvalue weighted by molar-refractivity contribution is 0.0370. The highest BCUT2D eigenvalue weighted by molar-refractivity contribution is 6.04. The molecular weight excluding hydrogens is 480 g/mol. The van der Waals surface area contributed by atoms with E-state index in [1.165, 1.54) is 0 Å². The first-order valence-electron chi connectivity index (χ1n) is 13.0. The Kier molecular flexibility index (Phi) is 9.66. The summed E-state index contributed by atoms with van der Waals surface area (Å²) in [5.41, 5.74) is 9.91. The van der Waals surface area contributed by atoms with Gasteiger partial charge in [-0.15, -0.1) is 0 Å². The SMILES string of the molecule is Cc1cccc(NC(=O)N(CCCCN2CCOCC2)Cc2ccc(C(=O)Nc3ccccc3N)nc2)c1. The summed E-state index contributed by atoms with van der Waals surface area (Å²) in [6, 6.07) is 18.2. The number of anilines is 3. The van der Waals surface area contributed by atoms with Crippen molar-refractivity contribution in [3.63, 3.8) is 0 Å². The monoisotopic (exact) mass is 516 g/mol. The molecule has 1 fully saturated rings. The van der Waals surface area contributed by atoms with Crippen LogP contribution in [0.3, 0.4) is 0 Å². The van der Waals surface area contributed by atoms with Crippen LogP contribution in [0.4, 0.5) is 21.9 Å². The number of nitrogens with two attached hydrogens (primary N) is 1. The van der Waals surface area contributed by atoms with Gasteiger partial charge in [-0.1, -0.05) is 30.3 Å². The fourth-order valence-electron chi connectivity index (χ4n) is 4.31. The van der Waals surface area contributed by atoms with E-state index in [9.17, 15) is 9.59 Å². The smallest absolute Gasteiger partial charge is 0.322 e. The average Bonchev–Trinajstić information content (AvgIpc) is 2.92. The predicted octanol–water partition coefficient (Wildman–Crippen LogP) is 4.37. The zero-order valence-corrected chi connectivity index (χ0v) is 21.9. The molecule has 2 heterocycles. The summed E-state index contributed by atoms with van der Waals surface area (Å²) < 4.78 is 5.43. The number of unbranched alkanes of at least 4 members (excludes halogenated alkanes) is 1. The molecule has 3 amide bonds. The summed E-state index contributed by atoms with van der Waals surface area (Å²) in [6.45, 7) is 7.46. The van der Waals surface area contributed by atoms with E-state index >= 15 is 0 Å². The number of carbonyl (C=O) groups excluding carboxylic acids is 2. The van der Waals surface area contributed by atoms with Gasteiger partial charge in [-0.3, -0.25) is 14.7 Å². The van der Waals surface area contributed by atoms with Crippen molar-refractivity contribution in [2.45, 2.75) is 26.3 Å². The molecule has 4 rings (SSSR count). The highest BCUT2D eigenvalue weighted by atomic mass is 16.5. The van der Waals surface area contributed by atoms with E-state index in [0.717, 1.165) is 62.5 Å². The number of morpholine rings is 1. The molecular formula is C29H36N6O3. The number of nitrogen functional groups attached to an aromatic ring is 1. The van der Waals surface area contributed by atoms with Crippen LogP contribution in [0.15, 0.2) is 66.9 Å². The van der Waals surface area contributed by atoms with E-state index in [-0.39, 0.29) is 17.6 Å². The predicted molar refractivity (Wildman–Crippen MR) is 150 cm³/mol. The zero-order valence-electron chi connectivity index (χ0n) is 21.9. The van der Waals surface area contributed by atoms with Gasteiger partial charge < -0.3 is 26.0 Å². The number of nitrogens with one attached hydrogen (secondary N) is 2. The summed E-state index contributed by atoms with van der Waals surface area (Å²) >= 11 is 0. The Balaban J connectivity index is 1.38. The number of rotatable bonds is 10. The molecule has 200 valence electrons. The van der Waals surface area contributed by atoms with E-state index in [0.29, 0.717) is 24.5 Å². The van der Waals surface area contributed by atoms with E-state index in [4.69, 9.17) is 10.5 Å². The van der Waals surface area contributed by atoms with Gasteiger partial charge in [0.15, 0.2) is 0 Å². The molecule has 3 aromatic rings. The molecule has 1 aliphatic rings. The van der Waals surface area contributed by atoms with Crippen LogP contribution >= 0.6 is 0 Å². The molecule has 9 heteroatoms. The Morgan fingerprint density at radius 2 is 1.84 bits per heavy atom. The van der Waals surface area contributed by atoms with Gasteiger partial charge >= 0.3 is 6.03 Å². The van der Waals surface area contributed by atoms with Gasteiger partial charge in [0.05, 0.1) is 24.6 Å². The number of para-hydroxylation sites is 2. The molecule has 0 radical (unpaired) electrons. The minimum absolute atomic E-state index is 0.164. The quantitative estimate of drug-likeness (QED) is 0.272. The van der Waals surface area contributed by atoms with Crippen LogP contribution in [-0.2, 0) is 11.3 Å². The molecule has 1 aliphatic heterocycles. The number of benzene rings is 2. The number of aromatic nitrogens is 1. The van der Waals surface area contributed by atoms with Crippen LogP contribution in [0.1, 0.15) is 34.5 Å². The van der Waals surface area contributed by atoms with Gasteiger partial charge in [0.25, 0.3) is 5.91 Å². The molecule has 1 aromatic heterocycles. The molecule has 0 spiro atoms. The molecule has 0 aliphatic carbocycles. The van der Waals surface area contributed by atoms with Crippen LogP contribution in [0.2, 0.25) is 0 Å². The van der Waals surface area contributed by atoms with Crippen LogP contribution in [0, 0.1) is 6.92 Å². The second-order valence-electron chi connectivity index (χ2n) is 9.48. The average molecular weight is 517 g/mol. The molecule has 0 saturated carbocycles. The Morgan fingerprint density at radius 3 is 2.58 bits per heavy atom. The second kappa shape index (κ2) is 13.6. The van der Waals surface area contributed by atoms with Crippen LogP contribution < -0.4 is 16.4 Å². The Labute approximate surface area is 224 Å². The summed E-state index contributed by atoms with van der Waals surface area (Å²) in [7, 11) is 0. The summed E-state index contributed by atoms with van der Waals surface area (Å²) in [5.74, 6) is -0.341. The second-order valence-corrected chi connectivity index (χ2v) is 9.48. The first-order valence-corrected chi connectivity index (χ1v) is 13.0. The summed E-state index contributed by atoms with van der Waals surface area (Å²) in [4.78, 5) is 34.4. The van der Waals surface area contributed by atoms with Crippen molar-refractivity contribution >= 4 is 29.0 Å². The third-order valence-electron chi connectivity index (χ3n) is 6.45. The number of ether oxygens (including phenoxy) is 1. The molecule has 0 bridgehead atoms. The van der Waals surface area contributed by atoms with Crippen molar-refractivity contribution in [1.29, 1.82) is 0 Å². The van der Waals surface area contributed by atoms with Crippen LogP contribution in [0.25, 0.3) is 0 Å². The van der Waals surface area contributed by atoms with Gasteiger partial charge in [0, 0.05) is 38.1 Å². The number of hydrogen-bond acceptors (Lipinski definition) is 6. The van der Waals surface area contributed by atoms with Crippen LogP contribution in [-0.4, -0.2) is 66.1 Å². The minimum Gasteiger partial charge on any atom is -0.397 e. The van der Waals surface area contributed by atoms with E-state index in [1.807, 2.05) is 43.3 Å². The van der Waals surface area contributed by atoms with Crippen molar-refractivity contribution in [1.82, 2.24) is 14.8 Å². The molecule has 4 N–H and O–H groups in total. The fourth-order valence-corrected chi connectivity index (χ4v) is 4.31. The van der Waals surface area contributed by atoms with Crippen molar-refractivity contribution < 1.29 is 14.3 Å². The van der Waals surface area contributed by atoms with Gasteiger partial charge in [0.1, 0.15) is 5.69 Å². The lowest BCUT2D eigenvalue weighted by Crippen LogP contribution is -2.38. The van der Waals surface area contributed by atoms with E-state index in [2.05, 4.69) is 20.5 Å². The van der Waals surface area contributed by atoms with Crippen molar-refractivity contribution in [2.75, 3.05) is 55.8 Å². The summed E-state index contributed by atoms with van der Waals surface area (Å²) in [5, 5.41) is 5.80. The standard InChI is InChI=1S/C29H36N6O3/c1-22-7-6-8-24(19-22)32-29(37)35(14-5-4-13-34-15-17-38-18-16-34)21-23-11-12-27(31-20-23)28(36)33-26-10-3-2-9-25(26)30/h2-3,6-12,19-20H,4-5,13-18,21,30H2,1H3,(H,32,37)(H,33,36). The van der Waals surface area contributed by atoms with Crippen molar-refractivity contribution in [2.24, 2.45) is 0 Å². The first kappa shape index (κ1) is 27.1. The largest absolute Gasteiger partial charge is 0.397 e. The molecule has 2 aromatic carbocycles. The maximum absolute atomic E-state index is 13.2. The number of amides is 3. The van der Waals surface area contributed by atoms with Gasteiger partial charge in [-0.25, -0.2) is 4.79 Å². The van der Waals surface area contributed by atoms with Crippen LogP contribution in [0.5, 0.6) is 0 Å². The minimum atomic E-state index is -0.341. The number of urea groups is 1. The highest BCUT2D eigenvalue weighted by Crippen LogP contribution is 2.18. The van der Waals surface area contributed by atoms with Crippen molar-refractivity contribution in [3.05, 3.63) is 83.7 Å². The zero-order chi connectivity index (χ0) is 26.7. The number of pyridine rings is 1. The maximum atomic E-state index is 13.2. The third kappa shape index (κ3) is 8.03. The van der Waals surface area contributed by atoms with Crippen molar-refractivity contribution in [3.8, 4) is 0 Å². The number of carbonyl (C=O) groups is 2. The maximum Gasteiger partial charge on any atom is 0.322 e. The molecule has 9 nitrogen and oxygen atoms in total. The summed E-state index contributed by atoms with van der Waals surface area (Å²) in [6.07, 6.45) is 3.52.